The molecule has 25 heavy (non-hydrogen) atoms. The predicted molar refractivity (Wildman–Crippen MR) is 77.8 cm³/mol. The maximum absolute atomic E-state index is 13.6. The fourth-order valence-electron chi connectivity index (χ4n) is 2.70. The van der Waals surface area contributed by atoms with Gasteiger partial charge >= 0.3 is 18.1 Å². The third-order valence-electron chi connectivity index (χ3n) is 3.95. The second kappa shape index (κ2) is 7.51. The van der Waals surface area contributed by atoms with Gasteiger partial charge in [-0.15, -0.1) is 0 Å². The number of carbonyl (C=O) groups excluding carboxylic acids is 2. The van der Waals surface area contributed by atoms with Crippen molar-refractivity contribution in [1.29, 1.82) is 5.26 Å². The molecule has 0 N–H and O–H groups in total. The SMILES string of the molecule is N#Cc1c(F)cccc1N1CCC(CC(=O)OC(=O)C(F)(F)F)CC1. The number of carbonyl (C=O) groups is 2. The van der Waals surface area contributed by atoms with E-state index in [1.54, 1.807) is 17.0 Å². The second-order valence-electron chi connectivity index (χ2n) is 5.64. The Morgan fingerprint density at radius 1 is 1.28 bits per heavy atom. The van der Waals surface area contributed by atoms with Crippen molar-refractivity contribution in [2.45, 2.75) is 25.4 Å². The van der Waals surface area contributed by atoms with E-state index >= 15 is 0 Å². The maximum Gasteiger partial charge on any atom is 0.491 e. The van der Waals surface area contributed by atoms with Crippen molar-refractivity contribution in [2.75, 3.05) is 18.0 Å². The highest BCUT2D eigenvalue weighted by Gasteiger charge is 2.42. The van der Waals surface area contributed by atoms with Crippen LogP contribution in [0.5, 0.6) is 0 Å². The molecule has 0 bridgehead atoms. The monoisotopic (exact) mass is 358 g/mol. The summed E-state index contributed by atoms with van der Waals surface area (Å²) < 4.78 is 53.5. The number of rotatable bonds is 3. The van der Waals surface area contributed by atoms with Gasteiger partial charge in [-0.1, -0.05) is 6.07 Å². The van der Waals surface area contributed by atoms with E-state index in [1.165, 1.54) is 12.1 Å². The first-order chi connectivity index (χ1) is 11.7. The number of anilines is 1. The molecule has 0 unspecified atom stereocenters. The lowest BCUT2D eigenvalue weighted by Crippen LogP contribution is -2.35. The van der Waals surface area contributed by atoms with Gasteiger partial charge in [-0.2, -0.15) is 18.4 Å². The van der Waals surface area contributed by atoms with Gasteiger partial charge in [0.05, 0.1) is 5.69 Å². The minimum atomic E-state index is -5.20. The Kier molecular flexibility index (Phi) is 5.62. The molecule has 1 aliphatic rings. The van der Waals surface area contributed by atoms with Gasteiger partial charge in [0, 0.05) is 19.5 Å². The van der Waals surface area contributed by atoms with Crippen LogP contribution in [0.3, 0.4) is 0 Å². The number of hydrogen-bond donors (Lipinski definition) is 0. The van der Waals surface area contributed by atoms with E-state index in [0.29, 0.717) is 31.6 Å². The van der Waals surface area contributed by atoms with Crippen molar-refractivity contribution in [3.8, 4) is 6.07 Å². The summed E-state index contributed by atoms with van der Waals surface area (Å²) in [5, 5.41) is 9.05. The van der Waals surface area contributed by atoms with Crippen molar-refractivity contribution in [3.63, 3.8) is 0 Å². The Bertz CT molecular complexity index is 704. The molecule has 1 saturated heterocycles. The molecule has 0 spiro atoms. The van der Waals surface area contributed by atoms with Crippen molar-refractivity contribution in [3.05, 3.63) is 29.6 Å². The molecule has 0 radical (unpaired) electrons. The summed E-state index contributed by atoms with van der Waals surface area (Å²) in [5.74, 6) is -4.61. The lowest BCUT2D eigenvalue weighted by Gasteiger charge is -2.33. The van der Waals surface area contributed by atoms with Crippen LogP contribution in [-0.2, 0) is 14.3 Å². The van der Waals surface area contributed by atoms with Gasteiger partial charge in [0.25, 0.3) is 0 Å². The second-order valence-corrected chi connectivity index (χ2v) is 5.64. The summed E-state index contributed by atoms with van der Waals surface area (Å²) >= 11 is 0. The number of nitriles is 1. The molecule has 2 rings (SSSR count). The van der Waals surface area contributed by atoms with Crippen molar-refractivity contribution in [1.82, 2.24) is 0 Å². The zero-order valence-electron chi connectivity index (χ0n) is 13.0. The average Bonchev–Trinajstić information content (AvgIpc) is 2.54. The van der Waals surface area contributed by atoms with Crippen LogP contribution >= 0.6 is 0 Å². The van der Waals surface area contributed by atoms with Crippen LogP contribution in [0.15, 0.2) is 18.2 Å². The molecule has 1 aromatic rings. The Balaban J connectivity index is 1.90. The minimum Gasteiger partial charge on any atom is -0.386 e. The van der Waals surface area contributed by atoms with Gasteiger partial charge in [0.15, 0.2) is 0 Å². The van der Waals surface area contributed by atoms with Crippen molar-refractivity contribution < 1.29 is 31.9 Å². The largest absolute Gasteiger partial charge is 0.491 e. The van der Waals surface area contributed by atoms with Gasteiger partial charge in [0.2, 0.25) is 0 Å². The van der Waals surface area contributed by atoms with Gasteiger partial charge in [-0.3, -0.25) is 4.79 Å². The first-order valence-electron chi connectivity index (χ1n) is 7.47. The molecule has 0 saturated carbocycles. The zero-order chi connectivity index (χ0) is 18.6. The van der Waals surface area contributed by atoms with Crippen LogP contribution in [0.1, 0.15) is 24.8 Å². The highest BCUT2D eigenvalue weighted by Crippen LogP contribution is 2.29. The summed E-state index contributed by atoms with van der Waals surface area (Å²) in [6, 6.07) is 6.08. The molecular formula is C16H14F4N2O3. The van der Waals surface area contributed by atoms with Gasteiger partial charge in [-0.25, -0.2) is 9.18 Å². The molecule has 0 aliphatic carbocycles. The summed E-state index contributed by atoms with van der Waals surface area (Å²) in [5.41, 5.74) is 0.368. The normalized spacial score (nSPS) is 15.6. The number of halogens is 4. The summed E-state index contributed by atoms with van der Waals surface area (Å²) in [4.78, 5) is 23.8. The number of benzene rings is 1. The fraction of sp³-hybridized carbons (Fsp3) is 0.438. The number of esters is 2. The van der Waals surface area contributed by atoms with Crippen LogP contribution in [0.2, 0.25) is 0 Å². The molecule has 0 amide bonds. The first-order valence-corrected chi connectivity index (χ1v) is 7.47. The number of alkyl halides is 3. The van der Waals surface area contributed by atoms with Gasteiger partial charge < -0.3 is 9.64 Å². The molecular weight excluding hydrogens is 344 g/mol. The third kappa shape index (κ3) is 4.68. The maximum atomic E-state index is 13.6. The van der Waals surface area contributed by atoms with Gasteiger partial charge in [-0.05, 0) is 30.9 Å². The highest BCUT2D eigenvalue weighted by atomic mass is 19.4. The van der Waals surface area contributed by atoms with Crippen molar-refractivity contribution in [2.24, 2.45) is 5.92 Å². The van der Waals surface area contributed by atoms with E-state index in [-0.39, 0.29) is 17.9 Å². The summed E-state index contributed by atoms with van der Waals surface area (Å²) in [7, 11) is 0. The fourth-order valence-corrected chi connectivity index (χ4v) is 2.70. The molecule has 134 valence electrons. The highest BCUT2D eigenvalue weighted by molar-refractivity contribution is 5.88. The van der Waals surface area contributed by atoms with E-state index < -0.39 is 23.9 Å². The van der Waals surface area contributed by atoms with Crippen molar-refractivity contribution >= 4 is 17.6 Å². The molecule has 1 heterocycles. The van der Waals surface area contributed by atoms with E-state index in [1.807, 2.05) is 0 Å². The molecule has 0 aromatic heterocycles. The van der Waals surface area contributed by atoms with E-state index in [9.17, 15) is 27.2 Å². The Morgan fingerprint density at radius 3 is 2.48 bits per heavy atom. The zero-order valence-corrected chi connectivity index (χ0v) is 13.0. The smallest absolute Gasteiger partial charge is 0.386 e. The van der Waals surface area contributed by atoms with Crippen LogP contribution < -0.4 is 4.90 Å². The molecule has 0 atom stereocenters. The molecule has 5 nitrogen and oxygen atoms in total. The molecule has 1 aromatic carbocycles. The first kappa shape index (κ1) is 18.7. The standard InChI is InChI=1S/C16H14F4N2O3/c17-12-2-1-3-13(11(12)9-21)22-6-4-10(5-7-22)8-14(23)25-15(24)16(18,19)20/h1-3,10H,4-8H2. The Morgan fingerprint density at radius 2 is 1.92 bits per heavy atom. The molecule has 9 heteroatoms. The summed E-state index contributed by atoms with van der Waals surface area (Å²) in [6.45, 7) is 0.812. The Hall–Kier alpha value is -2.63. The lowest BCUT2D eigenvalue weighted by atomic mass is 9.93. The lowest BCUT2D eigenvalue weighted by molar-refractivity contribution is -0.202. The quantitative estimate of drug-likeness (QED) is 0.472. The van der Waals surface area contributed by atoms with Crippen LogP contribution in [0.4, 0.5) is 23.2 Å². The molecule has 1 aliphatic heterocycles. The Labute approximate surface area is 140 Å². The van der Waals surface area contributed by atoms with Crippen LogP contribution in [0.25, 0.3) is 0 Å². The van der Waals surface area contributed by atoms with Gasteiger partial charge in [0.1, 0.15) is 17.4 Å². The number of nitrogens with zero attached hydrogens (tertiary/aromatic N) is 2. The van der Waals surface area contributed by atoms with E-state index in [4.69, 9.17) is 5.26 Å². The van der Waals surface area contributed by atoms with E-state index in [2.05, 4.69) is 4.74 Å². The molecule has 1 fully saturated rings. The number of piperidine rings is 1. The number of ether oxygens (including phenoxy) is 1. The third-order valence-corrected chi connectivity index (χ3v) is 3.95. The summed E-state index contributed by atoms with van der Waals surface area (Å²) in [6.07, 6.45) is -4.62. The minimum absolute atomic E-state index is 0.0730. The predicted octanol–water partition coefficient (Wildman–Crippen LogP) is 2.94. The topological polar surface area (TPSA) is 70.4 Å². The van der Waals surface area contributed by atoms with Crippen LogP contribution in [0, 0.1) is 23.1 Å². The van der Waals surface area contributed by atoms with Crippen LogP contribution in [-0.4, -0.2) is 31.2 Å². The van der Waals surface area contributed by atoms with E-state index in [0.717, 1.165) is 0 Å². The number of hydrogen-bond acceptors (Lipinski definition) is 5. The average molecular weight is 358 g/mol.